The first-order valence-corrected chi connectivity index (χ1v) is 6.83. The van der Waals surface area contributed by atoms with Crippen LogP contribution in [0.3, 0.4) is 0 Å². The number of hydrogen-bond acceptors (Lipinski definition) is 2. The highest BCUT2D eigenvalue weighted by Gasteiger charge is 2.39. The molecule has 0 amide bonds. The van der Waals surface area contributed by atoms with E-state index in [1.165, 1.54) is 31.2 Å². The van der Waals surface area contributed by atoms with E-state index in [4.69, 9.17) is 5.73 Å². The highest BCUT2D eigenvalue weighted by molar-refractivity contribution is 5.69. The third kappa shape index (κ3) is 2.01. The summed E-state index contributed by atoms with van der Waals surface area (Å²) < 4.78 is 0. The van der Waals surface area contributed by atoms with Crippen LogP contribution in [0.2, 0.25) is 0 Å². The van der Waals surface area contributed by atoms with Gasteiger partial charge in [0.25, 0.3) is 0 Å². The number of nitrogen functional groups attached to an aromatic ring is 1. The second-order valence-electron chi connectivity index (χ2n) is 5.85. The van der Waals surface area contributed by atoms with Crippen LogP contribution in [0, 0.1) is 24.7 Å². The smallest absolute Gasteiger partial charge is 0.0603 e. The van der Waals surface area contributed by atoms with Crippen LogP contribution in [0.15, 0.2) is 18.2 Å². The molecule has 2 nitrogen and oxygen atoms in total. The summed E-state index contributed by atoms with van der Waals surface area (Å²) in [5.41, 5.74) is 9.31. The van der Waals surface area contributed by atoms with Gasteiger partial charge in [0.15, 0.2) is 0 Å². The number of hydrogen-bond donors (Lipinski definition) is 2. The highest BCUT2D eigenvalue weighted by Crippen LogP contribution is 2.48. The van der Waals surface area contributed by atoms with Crippen molar-refractivity contribution in [1.82, 2.24) is 0 Å². The Morgan fingerprint density at radius 2 is 2.18 bits per heavy atom. The normalized spacial score (nSPS) is 30.8. The third-order valence-electron chi connectivity index (χ3n) is 4.73. The molecule has 2 heteroatoms. The van der Waals surface area contributed by atoms with Crippen LogP contribution in [0.5, 0.6) is 0 Å². The lowest BCUT2D eigenvalue weighted by Crippen LogP contribution is -2.20. The van der Waals surface area contributed by atoms with Crippen LogP contribution in [-0.2, 0) is 0 Å². The second-order valence-corrected chi connectivity index (χ2v) is 5.85. The average molecular weight is 230 g/mol. The van der Waals surface area contributed by atoms with Crippen LogP contribution in [0.4, 0.5) is 11.4 Å². The Morgan fingerprint density at radius 3 is 2.82 bits per heavy atom. The maximum atomic E-state index is 6.02. The molecule has 3 atom stereocenters. The summed E-state index contributed by atoms with van der Waals surface area (Å²) >= 11 is 0. The van der Waals surface area contributed by atoms with Crippen molar-refractivity contribution in [2.45, 2.75) is 32.6 Å². The van der Waals surface area contributed by atoms with Gasteiger partial charge in [-0.1, -0.05) is 18.6 Å². The molecular formula is C15H22N2. The summed E-state index contributed by atoms with van der Waals surface area (Å²) in [7, 11) is 0. The van der Waals surface area contributed by atoms with Crippen molar-refractivity contribution in [2.75, 3.05) is 17.6 Å². The van der Waals surface area contributed by atoms with E-state index in [2.05, 4.69) is 18.3 Å². The molecule has 0 radical (unpaired) electrons. The number of rotatable bonds is 3. The van der Waals surface area contributed by atoms with E-state index >= 15 is 0 Å². The molecule has 0 heterocycles. The lowest BCUT2D eigenvalue weighted by molar-refractivity contribution is 0.348. The Bertz CT molecular complexity index is 393. The second kappa shape index (κ2) is 4.25. The van der Waals surface area contributed by atoms with Crippen molar-refractivity contribution >= 4 is 11.4 Å². The molecule has 0 spiro atoms. The van der Waals surface area contributed by atoms with E-state index in [1.807, 2.05) is 12.1 Å². The minimum Gasteiger partial charge on any atom is -0.397 e. The highest BCUT2D eigenvalue weighted by atomic mass is 14.9. The van der Waals surface area contributed by atoms with Gasteiger partial charge in [-0.2, -0.15) is 0 Å². The van der Waals surface area contributed by atoms with Crippen LogP contribution in [0.25, 0.3) is 0 Å². The SMILES string of the molecule is Cc1cccc(N)c1NCC1CC2CCC1C2. The van der Waals surface area contributed by atoms with Crippen molar-refractivity contribution in [3.63, 3.8) is 0 Å². The van der Waals surface area contributed by atoms with Gasteiger partial charge in [-0.05, 0) is 55.6 Å². The standard InChI is InChI=1S/C15H22N2/c1-10-3-2-4-14(16)15(10)17-9-13-8-11-5-6-12(13)7-11/h2-4,11-13,17H,5-9,16H2,1H3. The van der Waals surface area contributed by atoms with Gasteiger partial charge in [0.1, 0.15) is 0 Å². The summed E-state index contributed by atoms with van der Waals surface area (Å²) in [6.07, 6.45) is 5.85. The Morgan fingerprint density at radius 1 is 1.29 bits per heavy atom. The monoisotopic (exact) mass is 230 g/mol. The van der Waals surface area contributed by atoms with Gasteiger partial charge in [0.2, 0.25) is 0 Å². The van der Waals surface area contributed by atoms with E-state index in [-0.39, 0.29) is 0 Å². The van der Waals surface area contributed by atoms with Gasteiger partial charge in [-0.3, -0.25) is 0 Å². The molecule has 3 N–H and O–H groups in total. The molecular weight excluding hydrogens is 208 g/mol. The molecule has 1 aromatic rings. The fraction of sp³-hybridized carbons (Fsp3) is 0.600. The number of anilines is 2. The van der Waals surface area contributed by atoms with E-state index in [0.29, 0.717) is 0 Å². The number of fused-ring (bicyclic) bond motifs is 2. The predicted octanol–water partition coefficient (Wildman–Crippen LogP) is 3.43. The summed E-state index contributed by atoms with van der Waals surface area (Å²) in [6, 6.07) is 6.13. The summed E-state index contributed by atoms with van der Waals surface area (Å²) in [4.78, 5) is 0. The molecule has 2 aliphatic carbocycles. The van der Waals surface area contributed by atoms with Crippen LogP contribution in [-0.4, -0.2) is 6.54 Å². The summed E-state index contributed by atoms with van der Waals surface area (Å²) in [5, 5.41) is 3.58. The molecule has 3 rings (SSSR count). The molecule has 2 aliphatic rings. The van der Waals surface area contributed by atoms with Gasteiger partial charge >= 0.3 is 0 Å². The maximum Gasteiger partial charge on any atom is 0.0603 e. The topological polar surface area (TPSA) is 38.0 Å². The van der Waals surface area contributed by atoms with Crippen molar-refractivity contribution < 1.29 is 0 Å². The van der Waals surface area contributed by atoms with E-state index in [1.54, 1.807) is 0 Å². The molecule has 0 saturated heterocycles. The molecule has 1 aromatic carbocycles. The number of aryl methyl sites for hydroxylation is 1. The van der Waals surface area contributed by atoms with Gasteiger partial charge in [0.05, 0.1) is 11.4 Å². The van der Waals surface area contributed by atoms with Crippen LogP contribution in [0.1, 0.15) is 31.2 Å². The zero-order chi connectivity index (χ0) is 11.8. The minimum absolute atomic E-state index is 0.882. The van der Waals surface area contributed by atoms with E-state index in [9.17, 15) is 0 Å². The zero-order valence-corrected chi connectivity index (χ0v) is 10.6. The van der Waals surface area contributed by atoms with Crippen molar-refractivity contribution in [3.8, 4) is 0 Å². The molecule has 2 saturated carbocycles. The van der Waals surface area contributed by atoms with Gasteiger partial charge in [-0.25, -0.2) is 0 Å². The van der Waals surface area contributed by atoms with Crippen molar-refractivity contribution in [2.24, 2.45) is 17.8 Å². The van der Waals surface area contributed by atoms with E-state index < -0.39 is 0 Å². The molecule has 3 unspecified atom stereocenters. The van der Waals surface area contributed by atoms with Crippen molar-refractivity contribution in [1.29, 1.82) is 0 Å². The number of benzene rings is 1. The quantitative estimate of drug-likeness (QED) is 0.781. The number of nitrogens with one attached hydrogen (secondary N) is 1. The number of nitrogens with two attached hydrogens (primary N) is 1. The maximum absolute atomic E-state index is 6.02. The molecule has 0 aliphatic heterocycles. The summed E-state index contributed by atoms with van der Waals surface area (Å²) in [5.74, 6) is 2.89. The molecule has 17 heavy (non-hydrogen) atoms. The first-order valence-electron chi connectivity index (χ1n) is 6.83. The van der Waals surface area contributed by atoms with Gasteiger partial charge < -0.3 is 11.1 Å². The van der Waals surface area contributed by atoms with Crippen LogP contribution >= 0.6 is 0 Å². The lowest BCUT2D eigenvalue weighted by atomic mass is 9.89. The van der Waals surface area contributed by atoms with Gasteiger partial charge in [-0.15, -0.1) is 0 Å². The lowest BCUT2D eigenvalue weighted by Gasteiger charge is -2.23. The Labute approximate surface area is 104 Å². The largest absolute Gasteiger partial charge is 0.397 e. The Kier molecular flexibility index (Phi) is 2.73. The average Bonchev–Trinajstić information content (AvgIpc) is 2.90. The molecule has 0 aromatic heterocycles. The van der Waals surface area contributed by atoms with E-state index in [0.717, 1.165) is 35.7 Å². The fourth-order valence-corrected chi connectivity index (χ4v) is 3.79. The molecule has 2 fully saturated rings. The van der Waals surface area contributed by atoms with Crippen molar-refractivity contribution in [3.05, 3.63) is 23.8 Å². The van der Waals surface area contributed by atoms with Crippen LogP contribution < -0.4 is 11.1 Å². The summed E-state index contributed by atoms with van der Waals surface area (Å²) in [6.45, 7) is 3.23. The fourth-order valence-electron chi connectivity index (χ4n) is 3.79. The third-order valence-corrected chi connectivity index (χ3v) is 4.73. The predicted molar refractivity (Wildman–Crippen MR) is 73.0 cm³/mol. The zero-order valence-electron chi connectivity index (χ0n) is 10.6. The first-order chi connectivity index (χ1) is 8.24. The number of para-hydroxylation sites is 1. The minimum atomic E-state index is 0.882. The Hall–Kier alpha value is -1.18. The van der Waals surface area contributed by atoms with Gasteiger partial charge in [0, 0.05) is 6.54 Å². The first kappa shape index (κ1) is 10.9. The Balaban J connectivity index is 1.64. The molecule has 92 valence electrons. The molecule has 2 bridgehead atoms.